The van der Waals surface area contributed by atoms with E-state index in [1.54, 1.807) is 0 Å². The van der Waals surface area contributed by atoms with Crippen molar-refractivity contribution in [2.75, 3.05) is 18.1 Å². The van der Waals surface area contributed by atoms with E-state index in [-0.39, 0.29) is 64.1 Å². The van der Waals surface area contributed by atoms with Crippen molar-refractivity contribution >= 4 is 29.0 Å². The van der Waals surface area contributed by atoms with Crippen molar-refractivity contribution in [1.29, 1.82) is 0 Å². The van der Waals surface area contributed by atoms with Gasteiger partial charge < -0.3 is 32.3 Å². The molecule has 4 N–H and O–H groups in total. The van der Waals surface area contributed by atoms with Gasteiger partial charge in [-0.05, 0) is 39.9 Å². The first-order valence-electron chi connectivity index (χ1n) is 21.5. The second kappa shape index (κ2) is 23.8. The van der Waals surface area contributed by atoms with E-state index in [2.05, 4.69) is 0 Å². The van der Waals surface area contributed by atoms with E-state index < -0.39 is 23.2 Å². The van der Waals surface area contributed by atoms with Crippen LogP contribution in [0.5, 0.6) is 0 Å². The fraction of sp³-hybridized carbons (Fsp3) is 0.220. The summed E-state index contributed by atoms with van der Waals surface area (Å²) in [5, 5.41) is 1.49. The maximum absolute atomic E-state index is 7.08. The van der Waals surface area contributed by atoms with E-state index in [1.165, 1.54) is 5.01 Å². The van der Waals surface area contributed by atoms with E-state index in [1.807, 2.05) is 189 Å². The monoisotopic (exact) mass is 892 g/mol. The lowest BCUT2D eigenvalue weighted by Gasteiger charge is -2.36. The Bertz CT molecular complexity index is 2190. The van der Waals surface area contributed by atoms with Crippen molar-refractivity contribution in [3.05, 3.63) is 221 Å². The van der Waals surface area contributed by atoms with Crippen LogP contribution in [0.2, 0.25) is 5.54 Å². The number of aromatic nitrogens is 3. The Morgan fingerprint density at radius 1 is 0.453 bits per heavy atom. The van der Waals surface area contributed by atoms with Crippen molar-refractivity contribution < 1.29 is 26.6 Å². The van der Waals surface area contributed by atoms with Gasteiger partial charge in [0.25, 0.3) is 0 Å². The van der Waals surface area contributed by atoms with Gasteiger partial charge >= 0.3 is 17.6 Å². The molecule has 64 heavy (non-hydrogen) atoms. The average molecular weight is 893 g/mol. The molecule has 1 aromatic heterocycles. The molecule has 0 aliphatic rings. The van der Waals surface area contributed by atoms with Crippen LogP contribution in [-0.4, -0.2) is 45.7 Å². The van der Waals surface area contributed by atoms with Gasteiger partial charge in [0.15, 0.2) is 0 Å². The van der Waals surface area contributed by atoms with Crippen molar-refractivity contribution in [1.82, 2.24) is 15.0 Å². The summed E-state index contributed by atoms with van der Waals surface area (Å²) in [4.78, 5) is 14.9. The number of hydrogen-bond acceptors (Lipinski definition) is 12. The maximum Gasteiger partial charge on any atom is 0.577 e. The molecular weight excluding hydrogens is 837 g/mol. The molecule has 0 saturated carbocycles. The summed E-state index contributed by atoms with van der Waals surface area (Å²) in [5.74, 6) is 7.69. The summed E-state index contributed by atoms with van der Waals surface area (Å²) in [7, 11) is -7.69. The third-order valence-corrected chi connectivity index (χ3v) is 15.7. The molecule has 7 rings (SSSR count). The summed E-state index contributed by atoms with van der Waals surface area (Å²) in [6, 6.07) is 59.6. The number of hydrogen-bond donors (Lipinski definition) is 2. The highest BCUT2D eigenvalue weighted by Gasteiger charge is 2.51. The van der Waals surface area contributed by atoms with Gasteiger partial charge in [0.05, 0.1) is 39.6 Å². The molecule has 1 atom stereocenters. The van der Waals surface area contributed by atoms with Crippen LogP contribution in [0.1, 0.15) is 46.1 Å². The van der Waals surface area contributed by atoms with Gasteiger partial charge in [-0.3, -0.25) is 5.01 Å². The van der Waals surface area contributed by atoms with E-state index in [0.717, 1.165) is 33.4 Å². The summed E-state index contributed by atoms with van der Waals surface area (Å²) in [6.07, 6.45) is 0.339. The van der Waals surface area contributed by atoms with Gasteiger partial charge in [-0.15, -0.1) is 0 Å². The Balaban J connectivity index is 1.26. The molecule has 12 nitrogen and oxygen atoms in total. The zero-order chi connectivity index (χ0) is 44.3. The molecule has 6 aromatic carbocycles. The van der Waals surface area contributed by atoms with Crippen LogP contribution in [-0.2, 0) is 72.6 Å². The quantitative estimate of drug-likeness (QED) is 0.0327. The van der Waals surface area contributed by atoms with E-state index >= 15 is 0 Å². The number of hydrazine groups is 1. The molecule has 0 saturated heterocycles. The van der Waals surface area contributed by atoms with Crippen LogP contribution in [0.15, 0.2) is 182 Å². The molecule has 330 valence electrons. The maximum atomic E-state index is 7.08. The predicted octanol–water partition coefficient (Wildman–Crippen LogP) is 7.83. The standard InChI is InChI=1S/C50H56N6O6Si2/c1-41(63(57-35-42-20-8-2-9-21-42,58-36-43-22-10-3-11-23-43)59-37-44-24-12-4-13-25-44)34-56(52)49-53-48(32-33-51)54-50(55-49)64(60-38-45-26-14-5-15-27-45,61-39-46-28-16-6-17-29-46)62-40-47-30-18-7-19-31-47/h2-31,41H,32-40,51-52H2,1H3. The second-order valence-corrected chi connectivity index (χ2v) is 20.8. The van der Waals surface area contributed by atoms with Crippen LogP contribution in [0.3, 0.4) is 0 Å². The zero-order valence-electron chi connectivity index (χ0n) is 36.2. The minimum atomic E-state index is -4.04. The van der Waals surface area contributed by atoms with Crippen LogP contribution in [0.25, 0.3) is 0 Å². The smallest absolute Gasteiger partial charge is 0.369 e. The zero-order valence-corrected chi connectivity index (χ0v) is 38.2. The Morgan fingerprint density at radius 2 is 0.766 bits per heavy atom. The van der Waals surface area contributed by atoms with Crippen molar-refractivity contribution in [2.45, 2.75) is 58.5 Å². The minimum absolute atomic E-state index is 0.178. The van der Waals surface area contributed by atoms with Crippen LogP contribution in [0, 0.1) is 0 Å². The third-order valence-electron chi connectivity index (χ3n) is 10.3. The molecule has 1 heterocycles. The molecule has 0 aliphatic carbocycles. The molecule has 0 amide bonds. The van der Waals surface area contributed by atoms with Crippen LogP contribution in [0.4, 0.5) is 5.95 Å². The van der Waals surface area contributed by atoms with Crippen LogP contribution >= 0.6 is 0 Å². The molecule has 1 unspecified atom stereocenters. The summed E-state index contributed by atoms with van der Waals surface area (Å²) < 4.78 is 41.3. The number of nitrogens with zero attached hydrogens (tertiary/aromatic N) is 4. The van der Waals surface area contributed by atoms with Gasteiger partial charge in [-0.1, -0.05) is 189 Å². The number of nitrogens with two attached hydrogens (primary N) is 2. The molecule has 0 fully saturated rings. The fourth-order valence-corrected chi connectivity index (χ4v) is 11.6. The molecular formula is C50H56N6O6Si2. The first-order chi connectivity index (χ1) is 31.4. The predicted molar refractivity (Wildman–Crippen MR) is 252 cm³/mol. The van der Waals surface area contributed by atoms with Gasteiger partial charge in [0.1, 0.15) is 5.82 Å². The highest BCUT2D eigenvalue weighted by atomic mass is 28.4. The van der Waals surface area contributed by atoms with Crippen molar-refractivity contribution in [3.8, 4) is 0 Å². The Morgan fingerprint density at radius 3 is 1.08 bits per heavy atom. The summed E-state index contributed by atoms with van der Waals surface area (Å²) in [6.45, 7) is 3.84. The Kier molecular flexibility index (Phi) is 17.2. The molecule has 14 heteroatoms. The number of anilines is 1. The fourth-order valence-electron chi connectivity index (χ4n) is 6.80. The van der Waals surface area contributed by atoms with Crippen LogP contribution < -0.4 is 22.0 Å². The van der Waals surface area contributed by atoms with Gasteiger partial charge in [-0.25, -0.2) is 10.8 Å². The normalized spacial score (nSPS) is 12.2. The van der Waals surface area contributed by atoms with Gasteiger partial charge in [-0.2, -0.15) is 9.97 Å². The lowest BCUT2D eigenvalue weighted by atomic mass is 10.2. The number of benzene rings is 6. The largest absolute Gasteiger partial charge is 0.577 e. The highest BCUT2D eigenvalue weighted by molar-refractivity contribution is 6.73. The molecule has 0 radical (unpaired) electrons. The highest BCUT2D eigenvalue weighted by Crippen LogP contribution is 2.31. The third kappa shape index (κ3) is 13.4. The van der Waals surface area contributed by atoms with E-state index in [0.29, 0.717) is 12.2 Å². The number of rotatable bonds is 25. The SMILES string of the molecule is CC(CN(N)c1nc(CCN)nc([Si](OCc2ccccc2)(OCc2ccccc2)OCc2ccccc2)n1)[Si](OCc1ccccc1)(OCc1ccccc1)OCc1ccccc1. The van der Waals surface area contributed by atoms with Gasteiger partial charge in [0, 0.05) is 18.5 Å². The van der Waals surface area contributed by atoms with E-state index in [4.69, 9.17) is 53.1 Å². The van der Waals surface area contributed by atoms with Crippen molar-refractivity contribution in [3.63, 3.8) is 0 Å². The summed E-state index contributed by atoms with van der Waals surface area (Å²) >= 11 is 0. The van der Waals surface area contributed by atoms with Gasteiger partial charge in [0.2, 0.25) is 11.4 Å². The topological polar surface area (TPSA) is 149 Å². The molecule has 0 spiro atoms. The average Bonchev–Trinajstić information content (AvgIpc) is 3.35. The Labute approximate surface area is 378 Å². The summed E-state index contributed by atoms with van der Waals surface area (Å²) in [5.41, 5.74) is 11.7. The lowest BCUT2D eigenvalue weighted by molar-refractivity contribution is 0.0350. The molecule has 0 aliphatic heterocycles. The molecule has 0 bridgehead atoms. The lowest BCUT2D eigenvalue weighted by Crippen LogP contribution is -2.60. The first kappa shape index (κ1) is 46.2. The Hall–Kier alpha value is -5.76. The first-order valence-corrected chi connectivity index (χ1v) is 25.0. The minimum Gasteiger partial charge on any atom is -0.369 e. The van der Waals surface area contributed by atoms with E-state index in [9.17, 15) is 0 Å². The second-order valence-electron chi connectivity index (χ2n) is 15.3. The molecule has 7 aromatic rings. The van der Waals surface area contributed by atoms with Crippen molar-refractivity contribution in [2.24, 2.45) is 11.6 Å².